The third-order valence-electron chi connectivity index (χ3n) is 0.354. The molecule has 0 aliphatic carbocycles. The maximum absolute atomic E-state index is 4.50. The lowest BCUT2D eigenvalue weighted by molar-refractivity contribution is 0.864. The Balaban J connectivity index is -0.00000000575. The fourth-order valence-electron chi connectivity index (χ4n) is 0. The molecule has 0 rings (SSSR count). The van der Waals surface area contributed by atoms with Crippen molar-refractivity contribution in [2.45, 2.75) is 29.2 Å². The average Bonchev–Trinajstić information content (AvgIpc) is 1.96. The van der Waals surface area contributed by atoms with Crippen LogP contribution in [0.2, 0.25) is 0 Å². The molecule has 4 heteroatoms. The first kappa shape index (κ1) is 59.4. The molecule has 0 aliphatic heterocycles. The Hall–Kier alpha value is -0.160. The average molecular weight is 186 g/mol. The van der Waals surface area contributed by atoms with E-state index < -0.39 is 0 Å². The third kappa shape index (κ3) is 1090. The van der Waals surface area contributed by atoms with Crippen molar-refractivity contribution < 1.29 is 0 Å². The van der Waals surface area contributed by atoms with Gasteiger partial charge in [-0.15, -0.1) is 0 Å². The van der Waals surface area contributed by atoms with Crippen LogP contribution in [0.3, 0.4) is 0 Å². The summed E-state index contributed by atoms with van der Waals surface area (Å²) in [5.41, 5.74) is 9.00. The molecule has 0 unspecified atom stereocenters. The van der Waals surface area contributed by atoms with Crippen molar-refractivity contribution in [3.8, 4) is 0 Å². The van der Waals surface area contributed by atoms with Crippen molar-refractivity contribution in [1.29, 1.82) is 0 Å². The summed E-state index contributed by atoms with van der Waals surface area (Å²) in [7, 11) is 4.93. The zero-order chi connectivity index (χ0) is 7.41. The van der Waals surface area contributed by atoms with Crippen molar-refractivity contribution in [3.05, 3.63) is 0 Å². The van der Waals surface area contributed by atoms with Crippen molar-refractivity contribution in [1.82, 2.24) is 11.5 Å². The molecule has 0 fully saturated rings. The molecule has 86 valence electrons. The molecular weight excluding hydrogens is 152 g/mol. The van der Waals surface area contributed by atoms with Gasteiger partial charge in [0.2, 0.25) is 0 Å². The Bertz CT molecular complexity index is 13.0. The fraction of sp³-hybridized carbons (Fsp3) is 1.00. The van der Waals surface area contributed by atoms with Crippen LogP contribution in [0.5, 0.6) is 0 Å². The van der Waals surface area contributed by atoms with E-state index >= 15 is 0 Å². The number of hydrogen-bond acceptors (Lipinski definition) is 4. The minimum absolute atomic E-state index is 0. The van der Waals surface area contributed by atoms with Gasteiger partial charge in [0.25, 0.3) is 0 Å². The Morgan fingerprint density at radius 1 is 0.917 bits per heavy atom. The summed E-state index contributed by atoms with van der Waals surface area (Å²) in [5, 5.41) is 2.93. The van der Waals surface area contributed by atoms with Gasteiger partial charge >= 0.3 is 0 Å². The van der Waals surface area contributed by atoms with Crippen molar-refractivity contribution in [2.75, 3.05) is 27.7 Å². The molecule has 0 aromatic rings. The zero-order valence-corrected chi connectivity index (χ0v) is 7.07. The number of nitrogens with two attached hydrogens (primary N) is 2. The summed E-state index contributed by atoms with van der Waals surface area (Å²) in [6, 6.07) is 0. The smallest absolute Gasteiger partial charge is 0.00804 e. The predicted octanol–water partition coefficient (Wildman–Crippen LogP) is 1.45. The Morgan fingerprint density at radius 3 is 1.00 bits per heavy atom. The molecule has 8 N–H and O–H groups in total. The third-order valence-corrected chi connectivity index (χ3v) is 0.354. The fourth-order valence-corrected chi connectivity index (χ4v) is 0. The van der Waals surface area contributed by atoms with Crippen LogP contribution in [0, 0.1) is 0 Å². The molecular formula is C8H34N4. The van der Waals surface area contributed by atoms with Crippen LogP contribution >= 0.6 is 0 Å². The van der Waals surface area contributed by atoms with E-state index in [4.69, 9.17) is 0 Å². The lowest BCUT2D eigenvalue weighted by Gasteiger charge is -1.76. The first-order valence-electron chi connectivity index (χ1n) is 2.72. The summed E-state index contributed by atoms with van der Waals surface area (Å²) in [4.78, 5) is 0. The standard InChI is InChI=1S/C3H9N.2CH5N.3CH4.H3N/c1-3-4-2;2*1-2;;;;/h4H,3H2,1-2H3;2*2H2,1H3;3*1H4;1H3. The highest BCUT2D eigenvalue weighted by Gasteiger charge is 1.50. The molecule has 0 saturated heterocycles. The molecule has 0 aliphatic rings. The Kier molecular flexibility index (Phi) is 1530. The molecule has 0 aromatic carbocycles. The van der Waals surface area contributed by atoms with Crippen molar-refractivity contribution in [3.63, 3.8) is 0 Å². The minimum Gasteiger partial charge on any atom is -0.344 e. The van der Waals surface area contributed by atoms with Gasteiger partial charge in [0.05, 0.1) is 0 Å². The topological polar surface area (TPSA) is 99.1 Å². The van der Waals surface area contributed by atoms with Gasteiger partial charge < -0.3 is 22.9 Å². The van der Waals surface area contributed by atoms with Gasteiger partial charge in [-0.1, -0.05) is 29.2 Å². The van der Waals surface area contributed by atoms with Crippen molar-refractivity contribution in [2.24, 2.45) is 11.5 Å². The number of nitrogens with one attached hydrogen (secondary N) is 1. The van der Waals surface area contributed by atoms with Gasteiger partial charge in [-0.25, -0.2) is 0 Å². The predicted molar refractivity (Wildman–Crippen MR) is 65.0 cm³/mol. The van der Waals surface area contributed by atoms with E-state index in [1.54, 1.807) is 0 Å². The molecule has 0 amide bonds. The lowest BCUT2D eigenvalue weighted by Crippen LogP contribution is -2.01. The number of hydrogen-bond donors (Lipinski definition) is 4. The van der Waals surface area contributed by atoms with Crippen LogP contribution < -0.4 is 22.9 Å². The van der Waals surface area contributed by atoms with E-state index in [1.807, 2.05) is 7.05 Å². The molecule has 0 aromatic heterocycles. The molecule has 0 heterocycles. The van der Waals surface area contributed by atoms with E-state index in [-0.39, 0.29) is 28.4 Å². The monoisotopic (exact) mass is 186 g/mol. The molecule has 0 atom stereocenters. The summed E-state index contributed by atoms with van der Waals surface area (Å²) in [6.45, 7) is 3.14. The van der Waals surface area contributed by atoms with Gasteiger partial charge in [0.15, 0.2) is 0 Å². The normalized spacial score (nSPS) is 3.50. The largest absolute Gasteiger partial charge is 0.344 e. The second-order valence-corrected chi connectivity index (χ2v) is 0.707. The Morgan fingerprint density at radius 2 is 1.00 bits per heavy atom. The first-order chi connectivity index (χ1) is 3.91. The van der Waals surface area contributed by atoms with Gasteiger partial charge in [0.1, 0.15) is 0 Å². The van der Waals surface area contributed by atoms with Gasteiger partial charge in [-0.05, 0) is 27.7 Å². The van der Waals surface area contributed by atoms with E-state index in [9.17, 15) is 0 Å². The highest BCUT2D eigenvalue weighted by Crippen LogP contribution is 1.34. The van der Waals surface area contributed by atoms with Crippen molar-refractivity contribution >= 4 is 0 Å². The highest BCUT2D eigenvalue weighted by molar-refractivity contribution is 4.15. The van der Waals surface area contributed by atoms with Crippen LogP contribution in [0.4, 0.5) is 0 Å². The second-order valence-electron chi connectivity index (χ2n) is 0.707. The molecule has 0 bridgehead atoms. The lowest BCUT2D eigenvalue weighted by atomic mass is 10.8. The molecule has 12 heavy (non-hydrogen) atoms. The van der Waals surface area contributed by atoms with E-state index in [0.29, 0.717) is 0 Å². The molecule has 0 radical (unpaired) electrons. The van der Waals surface area contributed by atoms with E-state index in [2.05, 4.69) is 23.7 Å². The first-order valence-corrected chi connectivity index (χ1v) is 2.72. The van der Waals surface area contributed by atoms with Gasteiger partial charge in [-0.3, -0.25) is 0 Å². The van der Waals surface area contributed by atoms with Crippen LogP contribution in [-0.2, 0) is 0 Å². The quantitative estimate of drug-likeness (QED) is 0.498. The number of rotatable bonds is 1. The SMILES string of the molecule is C.C.C.CCNC.CN.CN.N. The summed E-state index contributed by atoms with van der Waals surface area (Å²) in [5.74, 6) is 0. The highest BCUT2D eigenvalue weighted by atomic mass is 14.8. The molecule has 4 nitrogen and oxygen atoms in total. The van der Waals surface area contributed by atoms with Crippen LogP contribution in [0.1, 0.15) is 29.2 Å². The summed E-state index contributed by atoms with van der Waals surface area (Å²) < 4.78 is 0. The zero-order valence-electron chi connectivity index (χ0n) is 7.07. The van der Waals surface area contributed by atoms with Crippen LogP contribution in [0.15, 0.2) is 0 Å². The molecule has 0 saturated carbocycles. The van der Waals surface area contributed by atoms with Crippen LogP contribution in [-0.4, -0.2) is 27.7 Å². The minimum atomic E-state index is 0. The van der Waals surface area contributed by atoms with E-state index in [0.717, 1.165) is 6.54 Å². The second kappa shape index (κ2) is 310. The Labute approximate surface area is 80.7 Å². The maximum Gasteiger partial charge on any atom is -0.00804 e. The molecule has 0 spiro atoms. The maximum atomic E-state index is 4.50. The summed E-state index contributed by atoms with van der Waals surface area (Å²) >= 11 is 0. The van der Waals surface area contributed by atoms with Gasteiger partial charge in [-0.2, -0.15) is 0 Å². The summed E-state index contributed by atoms with van der Waals surface area (Å²) in [6.07, 6.45) is 0. The van der Waals surface area contributed by atoms with E-state index in [1.165, 1.54) is 14.1 Å². The van der Waals surface area contributed by atoms with Crippen LogP contribution in [0.25, 0.3) is 0 Å². The van der Waals surface area contributed by atoms with Gasteiger partial charge in [0, 0.05) is 0 Å².